The third-order valence-corrected chi connectivity index (χ3v) is 4.91. The molecule has 2 atom stereocenters. The Labute approximate surface area is 134 Å². The third-order valence-electron chi connectivity index (χ3n) is 4.62. The highest BCUT2D eigenvalue weighted by atomic mass is 32.1. The molecule has 1 saturated heterocycles. The Hall–Kier alpha value is -1.13. The molecule has 0 spiro atoms. The first kappa shape index (κ1) is 16.2. The standard InChI is InChI=1S/C17H27N3S/c1-6-12(3)11-17(7-2)18-16(21)20(19-17)15-9-8-13(4)14(5)10-15/h8-10,12,19H,6-7,11H2,1-5H3,(H,18,21)/t12-,17+/m0/s1. The Balaban J connectivity index is 2.23. The van der Waals surface area contributed by atoms with Crippen LogP contribution < -0.4 is 15.8 Å². The smallest absolute Gasteiger partial charge is 0.189 e. The van der Waals surface area contributed by atoms with Gasteiger partial charge in [-0.3, -0.25) is 5.01 Å². The number of hydrogen-bond donors (Lipinski definition) is 2. The number of benzene rings is 1. The number of aryl methyl sites for hydroxylation is 2. The molecule has 1 aliphatic rings. The number of thiocarbonyl (C=S) groups is 1. The lowest BCUT2D eigenvalue weighted by Crippen LogP contribution is -2.51. The molecule has 0 aliphatic carbocycles. The second kappa shape index (κ2) is 6.32. The minimum Gasteiger partial charge on any atom is -0.342 e. The summed E-state index contributed by atoms with van der Waals surface area (Å²) in [6.45, 7) is 11.0. The van der Waals surface area contributed by atoms with Crippen LogP contribution in [0.25, 0.3) is 0 Å². The average molecular weight is 305 g/mol. The molecular weight excluding hydrogens is 278 g/mol. The van der Waals surface area contributed by atoms with Crippen LogP contribution in [0.5, 0.6) is 0 Å². The van der Waals surface area contributed by atoms with Crippen LogP contribution in [0.15, 0.2) is 18.2 Å². The molecule has 1 aliphatic heterocycles. The normalized spacial score (nSPS) is 23.3. The lowest BCUT2D eigenvalue weighted by molar-refractivity contribution is 0.255. The van der Waals surface area contributed by atoms with Gasteiger partial charge in [-0.2, -0.15) is 0 Å². The molecule has 0 bridgehead atoms. The third kappa shape index (κ3) is 3.38. The molecule has 1 aromatic carbocycles. The molecule has 4 heteroatoms. The van der Waals surface area contributed by atoms with E-state index in [2.05, 4.69) is 63.6 Å². The molecule has 0 aromatic heterocycles. The summed E-state index contributed by atoms with van der Waals surface area (Å²) in [5.41, 5.74) is 7.19. The fourth-order valence-electron chi connectivity index (χ4n) is 2.75. The molecule has 3 nitrogen and oxygen atoms in total. The maximum Gasteiger partial charge on any atom is 0.189 e. The largest absolute Gasteiger partial charge is 0.342 e. The van der Waals surface area contributed by atoms with Crippen molar-refractivity contribution in [2.75, 3.05) is 5.01 Å². The van der Waals surface area contributed by atoms with E-state index in [1.54, 1.807) is 0 Å². The van der Waals surface area contributed by atoms with E-state index in [0.717, 1.165) is 23.6 Å². The Bertz CT molecular complexity index is 529. The van der Waals surface area contributed by atoms with E-state index in [-0.39, 0.29) is 5.66 Å². The molecule has 0 unspecified atom stereocenters. The summed E-state index contributed by atoms with van der Waals surface area (Å²) in [7, 11) is 0. The second-order valence-electron chi connectivity index (χ2n) is 6.30. The van der Waals surface area contributed by atoms with Crippen molar-refractivity contribution < 1.29 is 0 Å². The summed E-state index contributed by atoms with van der Waals surface area (Å²) in [5, 5.41) is 6.30. The SMILES string of the molecule is CC[C@H](C)C[C@]1(CC)NC(=S)N(c2ccc(C)c(C)c2)N1. The highest BCUT2D eigenvalue weighted by Crippen LogP contribution is 2.28. The highest BCUT2D eigenvalue weighted by molar-refractivity contribution is 7.80. The summed E-state index contributed by atoms with van der Waals surface area (Å²) in [4.78, 5) is 0. The van der Waals surface area contributed by atoms with E-state index in [1.165, 1.54) is 17.5 Å². The number of nitrogens with zero attached hydrogens (tertiary/aromatic N) is 1. The second-order valence-corrected chi connectivity index (χ2v) is 6.69. The van der Waals surface area contributed by atoms with Gasteiger partial charge in [-0.25, -0.2) is 5.43 Å². The molecule has 2 N–H and O–H groups in total. The van der Waals surface area contributed by atoms with Crippen molar-refractivity contribution in [1.29, 1.82) is 0 Å². The lowest BCUT2D eigenvalue weighted by Gasteiger charge is -2.31. The molecule has 1 heterocycles. The summed E-state index contributed by atoms with van der Waals surface area (Å²) in [6, 6.07) is 6.46. The number of hydrogen-bond acceptors (Lipinski definition) is 2. The number of nitrogens with one attached hydrogen (secondary N) is 2. The Kier molecular flexibility index (Phi) is 4.89. The van der Waals surface area contributed by atoms with Crippen molar-refractivity contribution >= 4 is 23.0 Å². The average Bonchev–Trinajstić information content (AvgIpc) is 2.79. The van der Waals surface area contributed by atoms with Crippen molar-refractivity contribution in [3.8, 4) is 0 Å². The van der Waals surface area contributed by atoms with Crippen LogP contribution in [0, 0.1) is 19.8 Å². The van der Waals surface area contributed by atoms with Crippen molar-refractivity contribution in [3.05, 3.63) is 29.3 Å². The molecule has 2 rings (SSSR count). The molecule has 0 amide bonds. The summed E-state index contributed by atoms with van der Waals surface area (Å²) < 4.78 is 0. The van der Waals surface area contributed by atoms with Gasteiger partial charge < -0.3 is 5.32 Å². The van der Waals surface area contributed by atoms with Gasteiger partial charge in [0.1, 0.15) is 5.66 Å². The van der Waals surface area contributed by atoms with Crippen molar-refractivity contribution in [2.45, 2.75) is 59.5 Å². The molecule has 0 saturated carbocycles. The quantitative estimate of drug-likeness (QED) is 0.803. The van der Waals surface area contributed by atoms with Crippen molar-refractivity contribution in [3.63, 3.8) is 0 Å². The van der Waals surface area contributed by atoms with Crippen LogP contribution in [-0.4, -0.2) is 10.8 Å². The van der Waals surface area contributed by atoms with Crippen molar-refractivity contribution in [2.24, 2.45) is 5.92 Å². The summed E-state index contributed by atoms with van der Waals surface area (Å²) >= 11 is 5.56. The predicted octanol–water partition coefficient (Wildman–Crippen LogP) is 4.05. The number of anilines is 1. The van der Waals surface area contributed by atoms with Gasteiger partial charge in [0.05, 0.1) is 5.69 Å². The van der Waals surface area contributed by atoms with Crippen LogP contribution in [0.3, 0.4) is 0 Å². The molecule has 0 radical (unpaired) electrons. The maximum atomic E-state index is 5.56. The zero-order valence-corrected chi connectivity index (χ0v) is 14.6. The van der Waals surface area contributed by atoms with Crippen LogP contribution >= 0.6 is 12.2 Å². The number of rotatable bonds is 5. The zero-order valence-electron chi connectivity index (χ0n) is 13.8. The maximum absolute atomic E-state index is 5.56. The van der Waals surface area contributed by atoms with Gasteiger partial charge in [-0.15, -0.1) is 0 Å². The Morgan fingerprint density at radius 1 is 1.24 bits per heavy atom. The lowest BCUT2D eigenvalue weighted by atomic mass is 9.93. The Morgan fingerprint density at radius 2 is 1.95 bits per heavy atom. The molecular formula is C17H27N3S. The molecule has 21 heavy (non-hydrogen) atoms. The number of hydrazine groups is 1. The van der Waals surface area contributed by atoms with Gasteiger partial charge in [0, 0.05) is 0 Å². The predicted molar refractivity (Wildman–Crippen MR) is 94.4 cm³/mol. The summed E-state index contributed by atoms with van der Waals surface area (Å²) in [5.74, 6) is 0.660. The monoisotopic (exact) mass is 305 g/mol. The van der Waals surface area contributed by atoms with Gasteiger partial charge in [-0.05, 0) is 68.1 Å². The van der Waals surface area contributed by atoms with E-state index in [9.17, 15) is 0 Å². The first-order valence-electron chi connectivity index (χ1n) is 7.88. The van der Waals surface area contributed by atoms with Crippen molar-refractivity contribution in [1.82, 2.24) is 10.7 Å². The first-order chi connectivity index (χ1) is 9.90. The topological polar surface area (TPSA) is 27.3 Å². The van der Waals surface area contributed by atoms with E-state index < -0.39 is 0 Å². The fourth-order valence-corrected chi connectivity index (χ4v) is 3.09. The molecule has 116 valence electrons. The van der Waals surface area contributed by atoms with Crippen LogP contribution in [0.2, 0.25) is 0 Å². The van der Waals surface area contributed by atoms with E-state index in [1.807, 2.05) is 5.01 Å². The minimum absolute atomic E-state index is 0.120. The van der Waals surface area contributed by atoms with Gasteiger partial charge in [0.15, 0.2) is 5.11 Å². The fraction of sp³-hybridized carbons (Fsp3) is 0.588. The van der Waals surface area contributed by atoms with Gasteiger partial charge >= 0.3 is 0 Å². The zero-order chi connectivity index (χ0) is 15.6. The van der Waals surface area contributed by atoms with Crippen LogP contribution in [-0.2, 0) is 0 Å². The highest BCUT2D eigenvalue weighted by Gasteiger charge is 2.39. The Morgan fingerprint density at radius 3 is 2.52 bits per heavy atom. The van der Waals surface area contributed by atoms with Gasteiger partial charge in [0.2, 0.25) is 0 Å². The van der Waals surface area contributed by atoms with E-state index in [0.29, 0.717) is 5.92 Å². The minimum atomic E-state index is -0.120. The molecule has 1 aromatic rings. The van der Waals surface area contributed by atoms with E-state index >= 15 is 0 Å². The summed E-state index contributed by atoms with van der Waals surface area (Å²) in [6.07, 6.45) is 3.25. The van der Waals surface area contributed by atoms with Gasteiger partial charge in [0.25, 0.3) is 0 Å². The van der Waals surface area contributed by atoms with Crippen LogP contribution in [0.1, 0.15) is 51.2 Å². The first-order valence-corrected chi connectivity index (χ1v) is 8.29. The van der Waals surface area contributed by atoms with Gasteiger partial charge in [-0.1, -0.05) is 33.3 Å². The molecule has 1 fully saturated rings. The van der Waals surface area contributed by atoms with Crippen LogP contribution in [0.4, 0.5) is 5.69 Å². The van der Waals surface area contributed by atoms with E-state index in [4.69, 9.17) is 12.2 Å².